The number of alkyl halides is 3. The van der Waals surface area contributed by atoms with E-state index in [1.165, 1.54) is 12.5 Å². The van der Waals surface area contributed by atoms with Gasteiger partial charge >= 0.3 is 6.18 Å². The van der Waals surface area contributed by atoms with E-state index in [4.69, 9.17) is 4.42 Å². The number of hydrogen-bond acceptors (Lipinski definition) is 5. The highest BCUT2D eigenvalue weighted by molar-refractivity contribution is 7.89. The molecule has 3 rings (SSSR count). The van der Waals surface area contributed by atoms with Crippen molar-refractivity contribution in [3.05, 3.63) is 54.0 Å². The van der Waals surface area contributed by atoms with Crippen molar-refractivity contribution in [2.75, 3.05) is 19.6 Å². The van der Waals surface area contributed by atoms with E-state index in [-0.39, 0.29) is 11.9 Å². The van der Waals surface area contributed by atoms with Crippen molar-refractivity contribution >= 4 is 21.8 Å². The first-order chi connectivity index (χ1) is 14.6. The maximum atomic E-state index is 12.8. The monoisotopic (exact) mass is 459 g/mol. The average molecular weight is 459 g/mol. The summed E-state index contributed by atoms with van der Waals surface area (Å²) in [6.45, 7) is 0.197. The molecule has 0 radical (unpaired) electrons. The summed E-state index contributed by atoms with van der Waals surface area (Å²) in [6.07, 6.45) is -0.963. The van der Waals surface area contributed by atoms with Crippen LogP contribution in [-0.2, 0) is 21.0 Å². The Hall–Kier alpha value is -2.86. The van der Waals surface area contributed by atoms with E-state index >= 15 is 0 Å². The third kappa shape index (κ3) is 5.85. The van der Waals surface area contributed by atoms with Gasteiger partial charge in [0.25, 0.3) is 5.91 Å². The number of benzene rings is 1. The van der Waals surface area contributed by atoms with Crippen molar-refractivity contribution in [3.8, 4) is 0 Å². The van der Waals surface area contributed by atoms with Gasteiger partial charge in [0.1, 0.15) is 6.26 Å². The van der Waals surface area contributed by atoms with Crippen LogP contribution in [0.1, 0.15) is 28.8 Å². The highest BCUT2D eigenvalue weighted by Crippen LogP contribution is 2.30. The zero-order valence-corrected chi connectivity index (χ0v) is 17.0. The van der Waals surface area contributed by atoms with Crippen LogP contribution in [0.25, 0.3) is 0 Å². The molecule has 0 aliphatic carbocycles. The molecule has 1 saturated heterocycles. The van der Waals surface area contributed by atoms with E-state index in [0.717, 1.165) is 18.2 Å². The van der Waals surface area contributed by atoms with Gasteiger partial charge in [-0.1, -0.05) is 6.07 Å². The number of rotatable bonds is 6. The summed E-state index contributed by atoms with van der Waals surface area (Å²) in [7, 11) is -4.30. The molecule has 1 aliphatic heterocycles. The Labute approximate surface area is 176 Å². The van der Waals surface area contributed by atoms with Gasteiger partial charge in [0.15, 0.2) is 0 Å². The molecule has 0 saturated carbocycles. The minimum atomic E-state index is -4.68. The maximum Gasteiger partial charge on any atom is 0.416 e. The van der Waals surface area contributed by atoms with Crippen molar-refractivity contribution in [2.24, 2.45) is 0 Å². The summed E-state index contributed by atoms with van der Waals surface area (Å²) in [4.78, 5) is 25.4. The van der Waals surface area contributed by atoms with Crippen molar-refractivity contribution in [1.29, 1.82) is 0 Å². The van der Waals surface area contributed by atoms with Crippen LogP contribution in [-0.4, -0.2) is 50.8 Å². The van der Waals surface area contributed by atoms with Crippen LogP contribution in [0.5, 0.6) is 0 Å². The minimum Gasteiger partial charge on any atom is -0.472 e. The molecule has 1 fully saturated rings. The van der Waals surface area contributed by atoms with Gasteiger partial charge in [-0.25, -0.2) is 13.1 Å². The highest BCUT2D eigenvalue weighted by Gasteiger charge is 2.32. The molecular formula is C19H20F3N3O5S. The number of amides is 2. The first-order valence-corrected chi connectivity index (χ1v) is 10.8. The Morgan fingerprint density at radius 1 is 1.16 bits per heavy atom. The molecule has 8 nitrogen and oxygen atoms in total. The molecule has 1 aromatic carbocycles. The van der Waals surface area contributed by atoms with Gasteiger partial charge in [0.2, 0.25) is 15.9 Å². The fraction of sp³-hybridized carbons (Fsp3) is 0.368. The predicted octanol–water partition coefficient (Wildman–Crippen LogP) is 2.00. The fourth-order valence-corrected chi connectivity index (χ4v) is 4.19. The highest BCUT2D eigenvalue weighted by atomic mass is 32.2. The van der Waals surface area contributed by atoms with Crippen molar-refractivity contribution < 1.29 is 35.6 Å². The van der Waals surface area contributed by atoms with Crippen LogP contribution in [0, 0.1) is 0 Å². The lowest BCUT2D eigenvalue weighted by molar-refractivity contribution is -0.137. The summed E-state index contributed by atoms with van der Waals surface area (Å²) in [6, 6.07) is 4.58. The van der Waals surface area contributed by atoms with Crippen molar-refractivity contribution in [3.63, 3.8) is 0 Å². The van der Waals surface area contributed by atoms with E-state index in [2.05, 4.69) is 5.32 Å². The van der Waals surface area contributed by atoms with E-state index < -0.39 is 39.1 Å². The molecule has 0 unspecified atom stereocenters. The Bertz CT molecular complexity index is 1030. The molecule has 168 valence electrons. The predicted molar refractivity (Wildman–Crippen MR) is 102 cm³/mol. The Morgan fingerprint density at radius 2 is 1.87 bits per heavy atom. The summed E-state index contributed by atoms with van der Waals surface area (Å²) >= 11 is 0. The van der Waals surface area contributed by atoms with Crippen LogP contribution in [0.3, 0.4) is 0 Å². The van der Waals surface area contributed by atoms with Crippen LogP contribution in [0.4, 0.5) is 13.2 Å². The molecule has 2 amide bonds. The van der Waals surface area contributed by atoms with Crippen LogP contribution >= 0.6 is 0 Å². The summed E-state index contributed by atoms with van der Waals surface area (Å²) < 4.78 is 69.7. The third-order valence-corrected chi connectivity index (χ3v) is 6.21. The number of piperidine rings is 1. The van der Waals surface area contributed by atoms with Crippen LogP contribution in [0.2, 0.25) is 0 Å². The van der Waals surface area contributed by atoms with Crippen LogP contribution in [0.15, 0.2) is 52.2 Å². The minimum absolute atomic E-state index is 0.174. The lowest BCUT2D eigenvalue weighted by Crippen LogP contribution is -2.48. The number of nitrogens with one attached hydrogen (secondary N) is 2. The first kappa shape index (κ1) is 22.8. The van der Waals surface area contributed by atoms with Crippen molar-refractivity contribution in [1.82, 2.24) is 14.9 Å². The summed E-state index contributed by atoms with van der Waals surface area (Å²) in [5.74, 6) is -0.789. The molecule has 2 heterocycles. The molecule has 1 aromatic heterocycles. The average Bonchev–Trinajstić information content (AvgIpc) is 3.27. The quantitative estimate of drug-likeness (QED) is 0.687. The van der Waals surface area contributed by atoms with E-state index in [0.29, 0.717) is 37.6 Å². The molecule has 31 heavy (non-hydrogen) atoms. The van der Waals surface area contributed by atoms with Gasteiger partial charge in [-0.2, -0.15) is 13.2 Å². The number of nitrogens with zero attached hydrogens (tertiary/aromatic N) is 1. The first-order valence-electron chi connectivity index (χ1n) is 9.34. The Balaban J connectivity index is 1.49. The van der Waals surface area contributed by atoms with E-state index in [1.54, 1.807) is 11.0 Å². The molecule has 0 atom stereocenters. The summed E-state index contributed by atoms with van der Waals surface area (Å²) in [5, 5.41) is 2.67. The standard InChI is InChI=1S/C19H20F3N3O5S/c20-19(21,22)14-2-1-3-16(10-14)31(28,29)23-11-17(26)24-15-4-7-25(8-5-15)18(27)13-6-9-30-12-13/h1-3,6,9-10,12,15,23H,4-5,7-8,11H2,(H,24,26). The second-order valence-corrected chi connectivity index (χ2v) is 8.76. The summed E-state index contributed by atoms with van der Waals surface area (Å²) in [5.41, 5.74) is -0.664. The van der Waals surface area contributed by atoms with E-state index in [1.807, 2.05) is 4.72 Å². The van der Waals surface area contributed by atoms with Gasteiger partial charge in [-0.3, -0.25) is 9.59 Å². The topological polar surface area (TPSA) is 109 Å². The number of halogens is 3. The number of hydrogen-bond donors (Lipinski definition) is 2. The lowest BCUT2D eigenvalue weighted by atomic mass is 10.0. The van der Waals surface area contributed by atoms with Gasteiger partial charge in [-0.15, -0.1) is 0 Å². The van der Waals surface area contributed by atoms with Gasteiger partial charge in [0, 0.05) is 19.1 Å². The number of carbonyl (C=O) groups is 2. The molecule has 12 heteroatoms. The zero-order valence-electron chi connectivity index (χ0n) is 16.2. The number of sulfonamides is 1. The van der Waals surface area contributed by atoms with Crippen LogP contribution < -0.4 is 10.0 Å². The maximum absolute atomic E-state index is 12.8. The molecule has 2 N–H and O–H groups in total. The molecule has 0 bridgehead atoms. The smallest absolute Gasteiger partial charge is 0.416 e. The molecule has 2 aromatic rings. The van der Waals surface area contributed by atoms with Crippen molar-refractivity contribution in [2.45, 2.75) is 30.0 Å². The van der Waals surface area contributed by atoms with Gasteiger partial charge < -0.3 is 14.6 Å². The normalized spacial score (nSPS) is 15.6. The third-order valence-electron chi connectivity index (χ3n) is 4.81. The fourth-order valence-electron chi connectivity index (χ4n) is 3.16. The van der Waals surface area contributed by atoms with Gasteiger partial charge in [0.05, 0.1) is 28.8 Å². The number of carbonyl (C=O) groups excluding carboxylic acids is 2. The van der Waals surface area contributed by atoms with Gasteiger partial charge in [-0.05, 0) is 37.1 Å². The molecular weight excluding hydrogens is 439 g/mol. The zero-order chi connectivity index (χ0) is 22.6. The SMILES string of the molecule is O=C(CNS(=O)(=O)c1cccc(C(F)(F)F)c1)NC1CCN(C(=O)c2ccoc2)CC1. The lowest BCUT2D eigenvalue weighted by Gasteiger charge is -2.32. The molecule has 1 aliphatic rings. The number of furan rings is 1. The Kier molecular flexibility index (Phi) is 6.70. The second-order valence-electron chi connectivity index (χ2n) is 7.00. The number of likely N-dealkylation sites (tertiary alicyclic amines) is 1. The largest absolute Gasteiger partial charge is 0.472 e. The second kappa shape index (κ2) is 9.10. The molecule has 0 spiro atoms. The Morgan fingerprint density at radius 3 is 2.48 bits per heavy atom. The van der Waals surface area contributed by atoms with E-state index in [9.17, 15) is 31.2 Å².